The average Bonchev–Trinajstić information content (AvgIpc) is 4.32. The van der Waals surface area contributed by atoms with Gasteiger partial charge in [-0.15, -0.1) is 22.7 Å². The molecular formula is C69H38N4O2S2. The summed E-state index contributed by atoms with van der Waals surface area (Å²) in [5.41, 5.74) is 13.9. The van der Waals surface area contributed by atoms with E-state index in [1.165, 1.54) is 51.1 Å². The zero-order valence-corrected chi connectivity index (χ0v) is 42.5. The summed E-state index contributed by atoms with van der Waals surface area (Å²) in [7, 11) is 0. The standard InChI is InChI=1S/C69H38N4O2S2/c1-5-18-56-46(11-1)54-35-40(27-33-57(54)73(56)44-29-23-39(24-30-44)45-15-9-16-52-47-12-2-6-19-58(47)75-66(45)52)41-28-34-59-55(36-41)65-53(17-10-20-60(65)74-59)69-71-67(42-25-31-50-48-13-3-7-21-61(48)76-63(50)37-42)70-68(72-69)43-26-32-51-49-14-4-8-22-62(49)77-64(51)38-43/h1-38H. The molecule has 0 saturated carbocycles. The Bertz CT molecular complexity index is 5180. The van der Waals surface area contributed by atoms with Crippen LogP contribution in [0.15, 0.2) is 239 Å². The van der Waals surface area contributed by atoms with Crippen molar-refractivity contribution in [2.24, 2.45) is 0 Å². The fourth-order valence-corrected chi connectivity index (χ4v) is 14.2. The molecule has 77 heavy (non-hydrogen) atoms. The molecule has 17 aromatic rings. The summed E-state index contributed by atoms with van der Waals surface area (Å²) < 4.78 is 20.4. The third-order valence-corrected chi connectivity index (χ3v) is 17.8. The number of hydrogen-bond donors (Lipinski definition) is 0. The highest BCUT2D eigenvalue weighted by molar-refractivity contribution is 7.26. The number of rotatable bonds is 6. The van der Waals surface area contributed by atoms with Gasteiger partial charge in [0, 0.05) is 101 Å². The van der Waals surface area contributed by atoms with E-state index in [4.69, 9.17) is 23.8 Å². The summed E-state index contributed by atoms with van der Waals surface area (Å²) in [4.78, 5) is 15.9. The molecule has 0 N–H and O–H groups in total. The van der Waals surface area contributed by atoms with E-state index >= 15 is 0 Å². The molecule has 358 valence electrons. The molecule has 0 aliphatic carbocycles. The first-order valence-corrected chi connectivity index (χ1v) is 27.3. The van der Waals surface area contributed by atoms with Crippen LogP contribution in [0.2, 0.25) is 0 Å². The third kappa shape index (κ3) is 6.56. The first-order chi connectivity index (χ1) is 38.1. The van der Waals surface area contributed by atoms with Crippen molar-refractivity contribution in [3.05, 3.63) is 231 Å². The molecule has 6 heterocycles. The normalized spacial score (nSPS) is 12.2. The number of fused-ring (bicyclic) bond motifs is 15. The molecule has 0 aliphatic rings. The minimum Gasteiger partial charge on any atom is -0.456 e. The van der Waals surface area contributed by atoms with Gasteiger partial charge in [-0.05, 0) is 95.6 Å². The Morgan fingerprint density at radius 2 is 0.818 bits per heavy atom. The maximum absolute atomic E-state index is 6.66. The lowest BCUT2D eigenvalue weighted by Gasteiger charge is -2.10. The molecule has 0 saturated heterocycles. The van der Waals surface area contributed by atoms with Crippen LogP contribution in [0.25, 0.3) is 168 Å². The van der Waals surface area contributed by atoms with Crippen molar-refractivity contribution in [2.75, 3.05) is 0 Å². The topological polar surface area (TPSA) is 69.9 Å². The molecule has 8 heteroatoms. The van der Waals surface area contributed by atoms with Crippen LogP contribution in [0.3, 0.4) is 0 Å². The van der Waals surface area contributed by atoms with Gasteiger partial charge in [-0.3, -0.25) is 0 Å². The average molecular weight is 1020 g/mol. The molecule has 0 amide bonds. The van der Waals surface area contributed by atoms with Crippen LogP contribution >= 0.6 is 22.7 Å². The Hall–Kier alpha value is -9.73. The van der Waals surface area contributed by atoms with E-state index < -0.39 is 0 Å². The predicted molar refractivity (Wildman–Crippen MR) is 322 cm³/mol. The molecule has 6 nitrogen and oxygen atoms in total. The van der Waals surface area contributed by atoms with Gasteiger partial charge >= 0.3 is 0 Å². The van der Waals surface area contributed by atoms with E-state index in [1.54, 1.807) is 22.7 Å². The van der Waals surface area contributed by atoms with Crippen LogP contribution in [0, 0.1) is 0 Å². The second-order valence-electron chi connectivity index (χ2n) is 19.8. The number of hydrogen-bond acceptors (Lipinski definition) is 7. The van der Waals surface area contributed by atoms with Crippen molar-refractivity contribution < 1.29 is 8.83 Å². The second kappa shape index (κ2) is 16.4. The van der Waals surface area contributed by atoms with Gasteiger partial charge in [0.05, 0.1) is 11.0 Å². The van der Waals surface area contributed by atoms with Gasteiger partial charge in [0.1, 0.15) is 22.3 Å². The number of aromatic nitrogens is 4. The summed E-state index contributed by atoms with van der Waals surface area (Å²) >= 11 is 3.59. The Morgan fingerprint density at radius 1 is 0.299 bits per heavy atom. The van der Waals surface area contributed by atoms with Crippen molar-refractivity contribution in [1.29, 1.82) is 0 Å². The van der Waals surface area contributed by atoms with Crippen LogP contribution in [-0.2, 0) is 0 Å². The van der Waals surface area contributed by atoms with Gasteiger partial charge in [-0.2, -0.15) is 0 Å². The monoisotopic (exact) mass is 1020 g/mol. The lowest BCUT2D eigenvalue weighted by atomic mass is 9.99. The second-order valence-corrected chi connectivity index (χ2v) is 22.0. The SMILES string of the molecule is c1ccc2c(c1)oc1c(-c3ccc(-n4c5ccccc5c5cc(-c6ccc7oc8cccc(-c9nc(-c%10ccc%11c(c%10)sc%10ccccc%10%11)nc(-c%10ccc%11c(c%10)sc%10ccccc%10%11)n9)c8c7c6)ccc54)cc3)cccc12. The number of furan rings is 2. The highest BCUT2D eigenvalue weighted by Gasteiger charge is 2.21. The molecule has 0 fully saturated rings. The van der Waals surface area contributed by atoms with E-state index in [0.29, 0.717) is 17.5 Å². The summed E-state index contributed by atoms with van der Waals surface area (Å²) in [5, 5.41) is 11.6. The van der Waals surface area contributed by atoms with Crippen molar-refractivity contribution in [3.8, 4) is 62.1 Å². The molecule has 17 rings (SSSR count). The van der Waals surface area contributed by atoms with Crippen LogP contribution in [0.1, 0.15) is 0 Å². The quantitative estimate of drug-likeness (QED) is 0.166. The van der Waals surface area contributed by atoms with Crippen LogP contribution in [-0.4, -0.2) is 19.5 Å². The molecule has 6 aromatic heterocycles. The van der Waals surface area contributed by atoms with Gasteiger partial charge in [0.15, 0.2) is 17.5 Å². The van der Waals surface area contributed by atoms with E-state index in [-0.39, 0.29) is 0 Å². The number of para-hydroxylation sites is 3. The Morgan fingerprint density at radius 3 is 1.56 bits per heavy atom. The van der Waals surface area contributed by atoms with Crippen LogP contribution in [0.5, 0.6) is 0 Å². The number of nitrogens with zero attached hydrogens (tertiary/aromatic N) is 4. The van der Waals surface area contributed by atoms with Crippen molar-refractivity contribution in [1.82, 2.24) is 19.5 Å². The third-order valence-electron chi connectivity index (χ3n) is 15.5. The lowest BCUT2D eigenvalue weighted by molar-refractivity contribution is 0.669. The molecule has 0 radical (unpaired) electrons. The van der Waals surface area contributed by atoms with Crippen LogP contribution < -0.4 is 0 Å². The first-order valence-electron chi connectivity index (χ1n) is 25.7. The summed E-state index contributed by atoms with van der Waals surface area (Å²) in [6.45, 7) is 0. The zero-order chi connectivity index (χ0) is 50.3. The zero-order valence-electron chi connectivity index (χ0n) is 40.9. The lowest BCUT2D eigenvalue weighted by Crippen LogP contribution is -2.00. The van der Waals surface area contributed by atoms with Gasteiger partial charge in [0.2, 0.25) is 0 Å². The number of benzene rings is 11. The summed E-state index contributed by atoms with van der Waals surface area (Å²) in [6, 6.07) is 82.1. The van der Waals surface area contributed by atoms with Gasteiger partial charge in [-0.25, -0.2) is 15.0 Å². The maximum Gasteiger partial charge on any atom is 0.164 e. The van der Waals surface area contributed by atoms with Crippen molar-refractivity contribution >= 4 is 129 Å². The molecule has 0 atom stereocenters. The van der Waals surface area contributed by atoms with E-state index in [2.05, 4.69) is 211 Å². The maximum atomic E-state index is 6.66. The minimum absolute atomic E-state index is 0.588. The largest absolute Gasteiger partial charge is 0.456 e. The fraction of sp³-hybridized carbons (Fsp3) is 0. The van der Waals surface area contributed by atoms with E-state index in [0.717, 1.165) is 99.5 Å². The minimum atomic E-state index is 0.588. The van der Waals surface area contributed by atoms with Gasteiger partial charge < -0.3 is 13.4 Å². The van der Waals surface area contributed by atoms with Crippen molar-refractivity contribution in [2.45, 2.75) is 0 Å². The van der Waals surface area contributed by atoms with E-state index in [1.807, 2.05) is 24.3 Å². The summed E-state index contributed by atoms with van der Waals surface area (Å²) in [5.74, 6) is 1.83. The Kier molecular flexibility index (Phi) is 9.07. The molecule has 0 bridgehead atoms. The predicted octanol–water partition coefficient (Wildman–Crippen LogP) is 19.8. The Labute approximate surface area is 447 Å². The summed E-state index contributed by atoms with van der Waals surface area (Å²) in [6.07, 6.45) is 0. The smallest absolute Gasteiger partial charge is 0.164 e. The molecule has 11 aromatic carbocycles. The van der Waals surface area contributed by atoms with Crippen LogP contribution in [0.4, 0.5) is 0 Å². The fourth-order valence-electron chi connectivity index (χ4n) is 11.9. The highest BCUT2D eigenvalue weighted by Crippen LogP contribution is 2.43. The number of thiophene rings is 2. The first kappa shape index (κ1) is 42.6. The Balaban J connectivity index is 0.790. The molecule has 0 aliphatic heterocycles. The van der Waals surface area contributed by atoms with Gasteiger partial charge in [0.25, 0.3) is 0 Å². The molecular weight excluding hydrogens is 981 g/mol. The van der Waals surface area contributed by atoms with Gasteiger partial charge in [-0.1, -0.05) is 152 Å². The van der Waals surface area contributed by atoms with E-state index in [9.17, 15) is 0 Å². The molecule has 0 spiro atoms. The highest BCUT2D eigenvalue weighted by atomic mass is 32.1. The van der Waals surface area contributed by atoms with Crippen molar-refractivity contribution in [3.63, 3.8) is 0 Å². The molecule has 0 unspecified atom stereocenters.